The van der Waals surface area contributed by atoms with Crippen molar-refractivity contribution in [3.63, 3.8) is 0 Å². The number of rotatable bonds is 0. The van der Waals surface area contributed by atoms with Crippen LogP contribution >= 0.6 is 31.9 Å². The Morgan fingerprint density at radius 2 is 1.37 bits per heavy atom. The molecule has 4 heterocycles. The summed E-state index contributed by atoms with van der Waals surface area (Å²) in [4.78, 5) is 32.7. The third-order valence-electron chi connectivity index (χ3n) is 4.42. The van der Waals surface area contributed by atoms with E-state index in [2.05, 4.69) is 46.8 Å². The Morgan fingerprint density at radius 1 is 0.914 bits per heavy atom. The first-order valence-electron chi connectivity index (χ1n) is 9.67. The SMILES string of the molecule is Cc1cn2c(=O)c(Br)c(C(F)(F)F)nc2[nH]1.Cc1cn2c(=O)c(Br)c(C(F)(F)F)nc2n1C.[2H]CF. The van der Waals surface area contributed by atoms with Gasteiger partial charge in [-0.2, -0.15) is 26.3 Å². The van der Waals surface area contributed by atoms with Gasteiger partial charge in [-0.1, -0.05) is 0 Å². The van der Waals surface area contributed by atoms with Crippen LogP contribution in [0.4, 0.5) is 30.7 Å². The van der Waals surface area contributed by atoms with Gasteiger partial charge in [-0.25, -0.2) is 9.97 Å². The number of H-pyrrole nitrogens is 1. The molecular weight excluding hydrogens is 625 g/mol. The van der Waals surface area contributed by atoms with Gasteiger partial charge in [0.15, 0.2) is 11.4 Å². The molecule has 0 amide bonds. The Balaban J connectivity index is 0.000000229. The van der Waals surface area contributed by atoms with Crippen LogP contribution in [0.15, 0.2) is 30.9 Å². The van der Waals surface area contributed by atoms with Crippen molar-refractivity contribution >= 4 is 43.4 Å². The minimum atomic E-state index is -4.66. The molecule has 0 aliphatic carbocycles. The molecule has 8 nitrogen and oxygen atoms in total. The highest BCUT2D eigenvalue weighted by atomic mass is 79.9. The van der Waals surface area contributed by atoms with Gasteiger partial charge in [0.25, 0.3) is 11.1 Å². The molecule has 17 heteroatoms. The van der Waals surface area contributed by atoms with E-state index < -0.39 is 51.0 Å². The summed E-state index contributed by atoms with van der Waals surface area (Å²) >= 11 is 5.26. The molecule has 0 aromatic carbocycles. The van der Waals surface area contributed by atoms with Crippen molar-refractivity contribution in [3.05, 3.63) is 64.8 Å². The number of halogens is 9. The predicted octanol–water partition coefficient (Wildman–Crippen LogP) is 4.82. The van der Waals surface area contributed by atoms with E-state index in [0.717, 1.165) is 8.80 Å². The molecule has 4 aromatic heterocycles. The molecule has 0 radical (unpaired) electrons. The Morgan fingerprint density at radius 3 is 1.86 bits per heavy atom. The van der Waals surface area contributed by atoms with Gasteiger partial charge in [-0.3, -0.25) is 22.8 Å². The number of fused-ring (bicyclic) bond motifs is 2. The zero-order chi connectivity index (χ0) is 27.7. The number of hydrogen-bond donors (Lipinski definition) is 1. The zero-order valence-electron chi connectivity index (χ0n) is 18.8. The van der Waals surface area contributed by atoms with Crippen LogP contribution in [0, 0.1) is 13.8 Å². The third kappa shape index (κ3) is 5.60. The first-order valence-corrected chi connectivity index (χ1v) is 10.6. The monoisotopic (exact) mass is 639 g/mol. The van der Waals surface area contributed by atoms with Crippen molar-refractivity contribution in [2.24, 2.45) is 7.05 Å². The summed E-state index contributed by atoms with van der Waals surface area (Å²) in [6.45, 7) is 3.30. The molecular formula is C18H15Br2F7N6O2. The predicted molar refractivity (Wildman–Crippen MR) is 118 cm³/mol. The number of alkyl halides is 7. The van der Waals surface area contributed by atoms with Gasteiger partial charge in [0.1, 0.15) is 8.95 Å². The minimum absolute atomic E-state index is 0.0389. The lowest BCUT2D eigenvalue weighted by atomic mass is 10.4. The topological polar surface area (TPSA) is 89.5 Å². The van der Waals surface area contributed by atoms with E-state index in [0.29, 0.717) is 11.4 Å². The fraction of sp³-hybridized carbons (Fsp3) is 0.333. The average Bonchev–Trinajstić information content (AvgIpc) is 3.26. The van der Waals surface area contributed by atoms with Crippen molar-refractivity contribution in [1.29, 1.82) is 0 Å². The molecule has 0 atom stereocenters. The summed E-state index contributed by atoms with van der Waals surface area (Å²) in [5.74, 6) is -0.166. The van der Waals surface area contributed by atoms with E-state index in [-0.39, 0.29) is 11.6 Å². The summed E-state index contributed by atoms with van der Waals surface area (Å²) in [6, 6.07) is 0. The van der Waals surface area contributed by atoms with Gasteiger partial charge in [0, 0.05) is 30.8 Å². The standard InChI is InChI=1S/C9H7BrF3N3O.C8H5BrF3N3O.CH3F/c1-4-3-16-7(17)5(10)6(9(11,12)13)14-8(16)15(4)2;1-3-2-15-6(16)4(9)5(8(10,11)12)14-7(15)13-3;1-2/h3H,1-2H3;2H,1H3,(H,13,14);1H3/i;;1D. The summed E-state index contributed by atoms with van der Waals surface area (Å²) in [5.41, 5.74) is -2.80. The molecule has 0 spiro atoms. The van der Waals surface area contributed by atoms with Crippen LogP contribution in [0.1, 0.15) is 24.1 Å². The number of aromatic nitrogens is 6. The first kappa shape index (κ1) is 26.9. The Hall–Kier alpha value is -2.69. The number of aryl methyl sites for hydroxylation is 3. The highest BCUT2D eigenvalue weighted by Gasteiger charge is 2.38. The second-order valence-electron chi connectivity index (χ2n) is 6.78. The molecule has 0 unspecified atom stereocenters. The molecule has 4 aromatic rings. The second-order valence-corrected chi connectivity index (χ2v) is 8.37. The molecule has 0 aliphatic rings. The zero-order valence-corrected chi connectivity index (χ0v) is 21.0. The van der Waals surface area contributed by atoms with Crippen molar-refractivity contribution in [3.8, 4) is 0 Å². The van der Waals surface area contributed by atoms with Gasteiger partial charge in [0.2, 0.25) is 11.6 Å². The lowest BCUT2D eigenvalue weighted by Gasteiger charge is -2.08. The molecule has 192 valence electrons. The molecule has 0 saturated heterocycles. The van der Waals surface area contributed by atoms with Crippen LogP contribution in [-0.2, 0) is 19.4 Å². The smallest absolute Gasteiger partial charge is 0.328 e. The molecule has 0 aliphatic heterocycles. The Labute approximate surface area is 209 Å². The summed E-state index contributed by atoms with van der Waals surface area (Å²) in [6.07, 6.45) is -6.50. The van der Waals surface area contributed by atoms with Crippen molar-refractivity contribution in [1.82, 2.24) is 28.3 Å². The van der Waals surface area contributed by atoms with Crippen LogP contribution in [0.25, 0.3) is 11.6 Å². The molecule has 4 rings (SSSR count). The lowest BCUT2D eigenvalue weighted by molar-refractivity contribution is -0.142. The van der Waals surface area contributed by atoms with Gasteiger partial charge in [-0.15, -0.1) is 0 Å². The summed E-state index contributed by atoms with van der Waals surface area (Å²) in [5, 5.41) is 0. The van der Waals surface area contributed by atoms with Crippen LogP contribution in [0.2, 0.25) is 0 Å². The van der Waals surface area contributed by atoms with E-state index >= 15 is 0 Å². The van der Waals surface area contributed by atoms with Crippen molar-refractivity contribution in [2.45, 2.75) is 26.2 Å². The molecule has 35 heavy (non-hydrogen) atoms. The second kappa shape index (κ2) is 10.1. The normalized spacial score (nSPS) is 12.2. The molecule has 0 saturated carbocycles. The van der Waals surface area contributed by atoms with E-state index in [4.69, 9.17) is 1.37 Å². The number of hydrogen-bond acceptors (Lipinski definition) is 4. The van der Waals surface area contributed by atoms with Gasteiger partial charge >= 0.3 is 12.4 Å². The van der Waals surface area contributed by atoms with E-state index in [1.807, 2.05) is 0 Å². The fourth-order valence-corrected chi connectivity index (χ4v) is 3.79. The van der Waals surface area contributed by atoms with Crippen LogP contribution < -0.4 is 11.1 Å². The quantitative estimate of drug-likeness (QED) is 0.279. The Bertz CT molecular complexity index is 1520. The lowest BCUT2D eigenvalue weighted by Crippen LogP contribution is -2.22. The Kier molecular flexibility index (Phi) is 7.78. The maximum absolute atomic E-state index is 12.6. The number of imidazole rings is 2. The number of aromatic amines is 1. The maximum atomic E-state index is 12.6. The maximum Gasteiger partial charge on any atom is 0.434 e. The highest BCUT2D eigenvalue weighted by molar-refractivity contribution is 9.10. The number of nitrogens with one attached hydrogen (secondary N) is 1. The molecule has 0 bridgehead atoms. The third-order valence-corrected chi connectivity index (χ3v) is 5.85. The average molecular weight is 641 g/mol. The molecule has 1 N–H and O–H groups in total. The van der Waals surface area contributed by atoms with Crippen LogP contribution in [-0.4, -0.2) is 35.5 Å². The highest BCUT2D eigenvalue weighted by Crippen LogP contribution is 2.32. The van der Waals surface area contributed by atoms with Gasteiger partial charge in [0.05, 0.1) is 8.52 Å². The van der Waals surface area contributed by atoms with E-state index in [1.54, 1.807) is 20.9 Å². The van der Waals surface area contributed by atoms with E-state index in [9.17, 15) is 40.3 Å². The first-order chi connectivity index (χ1) is 16.4. The summed E-state index contributed by atoms with van der Waals surface area (Å²) in [7, 11) is 0.547. The molecule has 0 fully saturated rings. The van der Waals surface area contributed by atoms with E-state index in [1.165, 1.54) is 17.0 Å². The van der Waals surface area contributed by atoms with Gasteiger partial charge in [-0.05, 0) is 45.7 Å². The largest absolute Gasteiger partial charge is 0.434 e. The number of nitrogens with zero attached hydrogens (tertiary/aromatic N) is 5. The minimum Gasteiger partial charge on any atom is -0.328 e. The van der Waals surface area contributed by atoms with Crippen LogP contribution in [0.3, 0.4) is 0 Å². The summed E-state index contributed by atoms with van der Waals surface area (Å²) < 4.78 is 93.3. The fourth-order valence-electron chi connectivity index (χ4n) is 2.78. The van der Waals surface area contributed by atoms with Gasteiger partial charge < -0.3 is 9.55 Å². The van der Waals surface area contributed by atoms with Crippen LogP contribution in [0.5, 0.6) is 0 Å². The van der Waals surface area contributed by atoms with Crippen molar-refractivity contribution < 1.29 is 32.1 Å². The van der Waals surface area contributed by atoms with Crippen molar-refractivity contribution in [2.75, 3.05) is 7.15 Å².